The lowest BCUT2D eigenvalue weighted by Crippen LogP contribution is -2.32. The molecule has 0 aromatic carbocycles. The third-order valence-corrected chi connectivity index (χ3v) is 5.10. The molecule has 0 saturated heterocycles. The molecule has 0 nitrogen and oxygen atoms in total. The van der Waals surface area contributed by atoms with E-state index in [1.165, 1.54) is 6.42 Å². The number of rotatable bonds is 0. The summed E-state index contributed by atoms with van der Waals surface area (Å²) < 4.78 is 0. The molecule has 0 amide bonds. The first-order valence-corrected chi connectivity index (χ1v) is 4.77. The minimum atomic E-state index is 0.660. The van der Waals surface area contributed by atoms with Gasteiger partial charge in [-0.25, -0.2) is 0 Å². The van der Waals surface area contributed by atoms with Crippen LogP contribution in [0.1, 0.15) is 27.2 Å². The van der Waals surface area contributed by atoms with Crippen LogP contribution in [0.15, 0.2) is 12.2 Å². The molecule has 0 bridgehead atoms. The zero-order valence-corrected chi connectivity index (χ0v) is 7.59. The van der Waals surface area contributed by atoms with Crippen LogP contribution in [0.5, 0.6) is 0 Å². The lowest BCUT2D eigenvalue weighted by molar-refractivity contribution is 0.123. The summed E-state index contributed by atoms with van der Waals surface area (Å²) in [7, 11) is 0. The Kier molecular flexibility index (Phi) is 0.753. The summed E-state index contributed by atoms with van der Waals surface area (Å²) in [6.45, 7) is 7.39. The van der Waals surface area contributed by atoms with Crippen molar-refractivity contribution in [1.82, 2.24) is 0 Å². The van der Waals surface area contributed by atoms with Gasteiger partial charge in [0.25, 0.3) is 0 Å². The van der Waals surface area contributed by atoms with E-state index in [4.69, 9.17) is 0 Å². The van der Waals surface area contributed by atoms with Gasteiger partial charge in [0, 0.05) is 0 Å². The fourth-order valence-corrected chi connectivity index (χ4v) is 4.19. The maximum absolute atomic E-state index is 2.49. The second-order valence-electron chi connectivity index (χ2n) is 5.33. The van der Waals surface area contributed by atoms with Crippen LogP contribution in [0, 0.1) is 28.6 Å². The minimum Gasteiger partial charge on any atom is -0.0879 e. The molecule has 3 aliphatic rings. The Hall–Kier alpha value is -0.260. The van der Waals surface area contributed by atoms with E-state index >= 15 is 0 Å². The van der Waals surface area contributed by atoms with Crippen LogP contribution in [0.25, 0.3) is 0 Å². The van der Waals surface area contributed by atoms with Crippen LogP contribution in [0.4, 0.5) is 0 Å². The van der Waals surface area contributed by atoms with Crippen LogP contribution < -0.4 is 0 Å². The van der Waals surface area contributed by atoms with Crippen molar-refractivity contribution >= 4 is 0 Å². The van der Waals surface area contributed by atoms with Crippen LogP contribution in [0.2, 0.25) is 0 Å². The third-order valence-electron chi connectivity index (χ3n) is 5.10. The second kappa shape index (κ2) is 1.32. The van der Waals surface area contributed by atoms with Gasteiger partial charge >= 0.3 is 0 Å². The second-order valence-corrected chi connectivity index (χ2v) is 5.33. The fourth-order valence-electron chi connectivity index (χ4n) is 4.19. The van der Waals surface area contributed by atoms with Crippen molar-refractivity contribution in [2.45, 2.75) is 27.2 Å². The Bertz CT molecular complexity index is 249. The first kappa shape index (κ1) is 6.28. The first-order chi connectivity index (χ1) is 5.10. The van der Waals surface area contributed by atoms with Gasteiger partial charge in [0.15, 0.2) is 0 Å². The molecule has 3 aliphatic carbocycles. The molecule has 0 heteroatoms. The van der Waals surface area contributed by atoms with Gasteiger partial charge in [0.1, 0.15) is 0 Å². The molecule has 3 rings (SSSR count). The molecule has 2 fully saturated rings. The molecule has 0 radical (unpaired) electrons. The highest BCUT2D eigenvalue weighted by Gasteiger charge is 2.81. The lowest BCUT2D eigenvalue weighted by atomic mass is 9.67. The van der Waals surface area contributed by atoms with Gasteiger partial charge < -0.3 is 0 Å². The molecular formula is C11H16. The van der Waals surface area contributed by atoms with E-state index in [-0.39, 0.29) is 0 Å². The zero-order valence-electron chi connectivity index (χ0n) is 7.59. The van der Waals surface area contributed by atoms with Gasteiger partial charge in [0.2, 0.25) is 0 Å². The highest BCUT2D eigenvalue weighted by Crippen LogP contribution is 2.86. The van der Waals surface area contributed by atoms with Crippen molar-refractivity contribution in [3.8, 4) is 0 Å². The van der Waals surface area contributed by atoms with Crippen molar-refractivity contribution in [1.29, 1.82) is 0 Å². The minimum absolute atomic E-state index is 0.660. The van der Waals surface area contributed by atoms with E-state index in [2.05, 4.69) is 32.9 Å². The van der Waals surface area contributed by atoms with E-state index < -0.39 is 0 Å². The lowest BCUT2D eigenvalue weighted by Gasteiger charge is -2.37. The normalized spacial score (nSPS) is 61.5. The Labute approximate surface area is 68.7 Å². The molecule has 11 heavy (non-hydrogen) atoms. The molecule has 0 unspecified atom stereocenters. The van der Waals surface area contributed by atoms with E-state index in [1.807, 2.05) is 0 Å². The number of allylic oxidation sites excluding steroid dienone is 2. The molecule has 0 heterocycles. The Morgan fingerprint density at radius 2 is 2.00 bits per heavy atom. The Morgan fingerprint density at radius 3 is 2.64 bits per heavy atom. The Morgan fingerprint density at radius 1 is 1.27 bits per heavy atom. The van der Waals surface area contributed by atoms with Gasteiger partial charge in [-0.05, 0) is 35.0 Å². The van der Waals surface area contributed by atoms with Crippen molar-refractivity contribution in [2.75, 3.05) is 0 Å². The maximum Gasteiger partial charge on any atom is -0.0157 e. The van der Waals surface area contributed by atoms with Gasteiger partial charge in [-0.3, -0.25) is 0 Å². The van der Waals surface area contributed by atoms with Crippen molar-refractivity contribution in [3.63, 3.8) is 0 Å². The van der Waals surface area contributed by atoms with Crippen LogP contribution >= 0.6 is 0 Å². The summed E-state index contributed by atoms with van der Waals surface area (Å²) in [4.78, 5) is 0. The average Bonchev–Trinajstić information content (AvgIpc) is 2.33. The van der Waals surface area contributed by atoms with E-state index in [9.17, 15) is 0 Å². The Balaban J connectivity index is 2.01. The van der Waals surface area contributed by atoms with Crippen molar-refractivity contribution < 1.29 is 0 Å². The molecule has 60 valence electrons. The SMILES string of the molecule is CC1(C)[C@H]2[C@H]3C=CC[C@H]3[C@]21C. The molecule has 2 saturated carbocycles. The van der Waals surface area contributed by atoms with Gasteiger partial charge in [-0.2, -0.15) is 0 Å². The molecule has 0 aromatic rings. The fraction of sp³-hybridized carbons (Fsp3) is 0.818. The summed E-state index contributed by atoms with van der Waals surface area (Å²) in [5.41, 5.74) is 1.38. The summed E-state index contributed by atoms with van der Waals surface area (Å²) in [6, 6.07) is 0. The van der Waals surface area contributed by atoms with Gasteiger partial charge in [0.05, 0.1) is 0 Å². The monoisotopic (exact) mass is 148 g/mol. The molecule has 0 aromatic heterocycles. The predicted molar refractivity (Wildman–Crippen MR) is 46.1 cm³/mol. The van der Waals surface area contributed by atoms with Crippen LogP contribution in [-0.4, -0.2) is 0 Å². The van der Waals surface area contributed by atoms with Crippen LogP contribution in [-0.2, 0) is 0 Å². The van der Waals surface area contributed by atoms with E-state index in [0.717, 1.165) is 23.2 Å². The zero-order chi connectivity index (χ0) is 7.85. The standard InChI is InChI=1S/C11H16/c1-10(2)9-7-5-4-6-8(7)11(9,10)3/h4-5,7-9H,6H2,1-3H3/t7-,8+,9+,11+/m0/s1. The van der Waals surface area contributed by atoms with E-state index in [1.54, 1.807) is 0 Å². The number of fused-ring (bicyclic) bond motifs is 4. The van der Waals surface area contributed by atoms with Crippen molar-refractivity contribution in [3.05, 3.63) is 12.2 Å². The molecule has 4 atom stereocenters. The summed E-state index contributed by atoms with van der Waals surface area (Å²) in [5, 5.41) is 0. The average molecular weight is 148 g/mol. The topological polar surface area (TPSA) is 0 Å². The molecule has 0 spiro atoms. The quantitative estimate of drug-likeness (QED) is 0.463. The third kappa shape index (κ3) is 0.389. The smallest absolute Gasteiger partial charge is 0.0157 e. The van der Waals surface area contributed by atoms with Gasteiger partial charge in [-0.1, -0.05) is 32.9 Å². The largest absolute Gasteiger partial charge is 0.0879 e. The number of hydrogen-bond acceptors (Lipinski definition) is 0. The summed E-state index contributed by atoms with van der Waals surface area (Å²) >= 11 is 0. The highest BCUT2D eigenvalue weighted by atomic mass is 14.9. The molecule has 0 aliphatic heterocycles. The van der Waals surface area contributed by atoms with E-state index in [0.29, 0.717) is 5.41 Å². The maximum atomic E-state index is 2.49. The number of hydrogen-bond donors (Lipinski definition) is 0. The highest BCUT2D eigenvalue weighted by molar-refractivity contribution is 5.35. The van der Waals surface area contributed by atoms with Crippen LogP contribution in [0.3, 0.4) is 0 Å². The summed E-state index contributed by atoms with van der Waals surface area (Å²) in [5.74, 6) is 3.01. The first-order valence-electron chi connectivity index (χ1n) is 4.77. The van der Waals surface area contributed by atoms with Gasteiger partial charge in [-0.15, -0.1) is 0 Å². The molecule has 0 N–H and O–H groups in total. The van der Waals surface area contributed by atoms with Crippen molar-refractivity contribution in [2.24, 2.45) is 28.6 Å². The summed E-state index contributed by atoms with van der Waals surface area (Å²) in [6.07, 6.45) is 6.22. The molecular weight excluding hydrogens is 132 g/mol. The predicted octanol–water partition coefficient (Wildman–Crippen LogP) is 2.85.